The maximum Gasteiger partial charge on any atom is 0.126 e. The summed E-state index contributed by atoms with van der Waals surface area (Å²) in [6.45, 7) is 6.53. The van der Waals surface area contributed by atoms with E-state index in [9.17, 15) is 5.11 Å². The van der Waals surface area contributed by atoms with Gasteiger partial charge in [0.2, 0.25) is 0 Å². The minimum atomic E-state index is -0.469. The summed E-state index contributed by atoms with van der Waals surface area (Å²) in [4.78, 5) is 2.47. The van der Waals surface area contributed by atoms with Crippen LogP contribution in [0.15, 0.2) is 18.2 Å². The molecule has 1 spiro atoms. The number of rotatable bonds is 1. The van der Waals surface area contributed by atoms with E-state index in [4.69, 9.17) is 16.3 Å². The molecular formula is C16H22ClNO2. The van der Waals surface area contributed by atoms with Crippen LogP contribution < -0.4 is 4.74 Å². The lowest BCUT2D eigenvalue weighted by Crippen LogP contribution is -2.51. The first-order chi connectivity index (χ1) is 9.49. The zero-order chi connectivity index (χ0) is 14.3. The number of ether oxygens (including phenoxy) is 1. The van der Waals surface area contributed by atoms with Crippen LogP contribution in [0.25, 0.3) is 0 Å². The van der Waals surface area contributed by atoms with Gasteiger partial charge in [0.15, 0.2) is 0 Å². The van der Waals surface area contributed by atoms with Gasteiger partial charge in [-0.3, -0.25) is 0 Å². The van der Waals surface area contributed by atoms with Gasteiger partial charge in [-0.2, -0.15) is 0 Å². The summed E-state index contributed by atoms with van der Waals surface area (Å²) < 4.78 is 6.27. The number of nitrogens with zero attached hydrogens (tertiary/aromatic N) is 1. The Balaban J connectivity index is 1.80. The Bertz CT molecular complexity index is 495. The maximum atomic E-state index is 10.4. The molecule has 1 fully saturated rings. The Kier molecular flexibility index (Phi) is 3.69. The van der Waals surface area contributed by atoms with Crippen molar-refractivity contribution in [3.8, 4) is 5.75 Å². The SMILES string of the molecule is CC(C)N1CCC2(CC1)C[C@@H](O)c1cc(Cl)ccc1O2. The first-order valence-electron chi connectivity index (χ1n) is 7.40. The van der Waals surface area contributed by atoms with Crippen molar-refractivity contribution in [2.45, 2.75) is 50.9 Å². The Morgan fingerprint density at radius 2 is 2.05 bits per heavy atom. The van der Waals surface area contributed by atoms with E-state index in [-0.39, 0.29) is 5.60 Å². The zero-order valence-electron chi connectivity index (χ0n) is 12.1. The van der Waals surface area contributed by atoms with Gasteiger partial charge < -0.3 is 14.7 Å². The quantitative estimate of drug-likeness (QED) is 0.862. The van der Waals surface area contributed by atoms with Crippen molar-refractivity contribution >= 4 is 11.6 Å². The Morgan fingerprint density at radius 1 is 1.35 bits per heavy atom. The fourth-order valence-corrected chi connectivity index (χ4v) is 3.54. The second-order valence-corrected chi connectivity index (χ2v) is 6.75. The van der Waals surface area contributed by atoms with Crippen LogP contribution in [-0.2, 0) is 0 Å². The van der Waals surface area contributed by atoms with Crippen LogP contribution >= 0.6 is 11.6 Å². The van der Waals surface area contributed by atoms with Gasteiger partial charge >= 0.3 is 0 Å². The van der Waals surface area contributed by atoms with Crippen molar-refractivity contribution in [3.05, 3.63) is 28.8 Å². The summed E-state index contributed by atoms with van der Waals surface area (Å²) in [6.07, 6.45) is 2.16. The zero-order valence-corrected chi connectivity index (χ0v) is 12.9. The average molecular weight is 296 g/mol. The molecule has 3 nitrogen and oxygen atoms in total. The van der Waals surface area contributed by atoms with E-state index in [1.54, 1.807) is 0 Å². The molecule has 1 aromatic carbocycles. The summed E-state index contributed by atoms with van der Waals surface area (Å²) >= 11 is 6.00. The number of likely N-dealkylation sites (tertiary alicyclic amines) is 1. The topological polar surface area (TPSA) is 32.7 Å². The molecule has 20 heavy (non-hydrogen) atoms. The largest absolute Gasteiger partial charge is 0.487 e. The molecule has 1 aromatic rings. The highest BCUT2D eigenvalue weighted by Gasteiger charge is 2.43. The highest BCUT2D eigenvalue weighted by Crippen LogP contribution is 2.45. The third-order valence-electron chi connectivity index (χ3n) is 4.66. The minimum Gasteiger partial charge on any atom is -0.487 e. The molecule has 0 amide bonds. The van der Waals surface area contributed by atoms with Crippen LogP contribution in [-0.4, -0.2) is 34.7 Å². The normalized spacial score (nSPS) is 25.6. The molecule has 2 aliphatic heterocycles. The van der Waals surface area contributed by atoms with Gasteiger partial charge in [-0.05, 0) is 44.9 Å². The number of halogens is 1. The lowest BCUT2D eigenvalue weighted by Gasteiger charge is -2.46. The Hall–Kier alpha value is -0.770. The van der Waals surface area contributed by atoms with Crippen LogP contribution in [0.4, 0.5) is 0 Å². The number of hydrogen-bond donors (Lipinski definition) is 1. The third kappa shape index (κ3) is 2.54. The fraction of sp³-hybridized carbons (Fsp3) is 0.625. The van der Waals surface area contributed by atoms with E-state index in [0.29, 0.717) is 17.5 Å². The average Bonchev–Trinajstić information content (AvgIpc) is 2.40. The monoisotopic (exact) mass is 295 g/mol. The number of hydrogen-bond acceptors (Lipinski definition) is 3. The Morgan fingerprint density at radius 3 is 2.70 bits per heavy atom. The molecular weight excluding hydrogens is 274 g/mol. The molecule has 4 heteroatoms. The molecule has 2 heterocycles. The molecule has 0 aliphatic carbocycles. The number of aliphatic hydroxyl groups excluding tert-OH is 1. The first-order valence-corrected chi connectivity index (χ1v) is 7.77. The molecule has 2 aliphatic rings. The van der Waals surface area contributed by atoms with Gasteiger partial charge in [-0.1, -0.05) is 11.6 Å². The minimum absolute atomic E-state index is 0.203. The fourth-order valence-electron chi connectivity index (χ4n) is 3.36. The van der Waals surface area contributed by atoms with Crippen molar-refractivity contribution < 1.29 is 9.84 Å². The number of piperidine rings is 1. The molecule has 0 aromatic heterocycles. The smallest absolute Gasteiger partial charge is 0.126 e. The van der Waals surface area contributed by atoms with Crippen LogP contribution in [0.1, 0.15) is 44.8 Å². The molecule has 0 bridgehead atoms. The van der Waals surface area contributed by atoms with Crippen LogP contribution in [0.3, 0.4) is 0 Å². The van der Waals surface area contributed by atoms with Crippen LogP contribution in [0.2, 0.25) is 5.02 Å². The maximum absolute atomic E-state index is 10.4. The molecule has 110 valence electrons. The van der Waals surface area contributed by atoms with E-state index in [2.05, 4.69) is 18.7 Å². The number of benzene rings is 1. The van der Waals surface area contributed by atoms with Crippen molar-refractivity contribution in [1.82, 2.24) is 4.90 Å². The van der Waals surface area contributed by atoms with Crippen molar-refractivity contribution in [3.63, 3.8) is 0 Å². The summed E-state index contributed by atoms with van der Waals surface area (Å²) in [7, 11) is 0. The summed E-state index contributed by atoms with van der Waals surface area (Å²) in [5.41, 5.74) is 0.625. The molecule has 3 rings (SSSR count). The Labute approximate surface area is 125 Å². The van der Waals surface area contributed by atoms with Crippen molar-refractivity contribution in [2.75, 3.05) is 13.1 Å². The van der Waals surface area contributed by atoms with Crippen LogP contribution in [0.5, 0.6) is 5.75 Å². The van der Waals surface area contributed by atoms with Crippen molar-refractivity contribution in [1.29, 1.82) is 0 Å². The van der Waals surface area contributed by atoms with Gasteiger partial charge in [0.1, 0.15) is 11.4 Å². The second kappa shape index (κ2) is 5.21. The van der Waals surface area contributed by atoms with E-state index in [1.165, 1.54) is 0 Å². The first kappa shape index (κ1) is 14.2. The van der Waals surface area contributed by atoms with E-state index in [1.807, 2.05) is 18.2 Å². The van der Waals surface area contributed by atoms with Gasteiger partial charge in [0.05, 0.1) is 6.10 Å². The lowest BCUT2D eigenvalue weighted by atomic mass is 9.81. The van der Waals surface area contributed by atoms with Gasteiger partial charge in [0.25, 0.3) is 0 Å². The predicted octanol–water partition coefficient (Wildman–Crippen LogP) is 3.40. The van der Waals surface area contributed by atoms with E-state index in [0.717, 1.165) is 37.2 Å². The molecule has 0 saturated carbocycles. The number of aliphatic hydroxyl groups is 1. The highest BCUT2D eigenvalue weighted by atomic mass is 35.5. The molecule has 1 N–H and O–H groups in total. The van der Waals surface area contributed by atoms with Crippen LogP contribution in [0, 0.1) is 0 Å². The summed E-state index contributed by atoms with van der Waals surface area (Å²) in [6, 6.07) is 6.11. The number of fused-ring (bicyclic) bond motifs is 1. The van der Waals surface area contributed by atoms with E-state index >= 15 is 0 Å². The highest BCUT2D eigenvalue weighted by molar-refractivity contribution is 6.30. The van der Waals surface area contributed by atoms with E-state index < -0.39 is 6.10 Å². The van der Waals surface area contributed by atoms with Gasteiger partial charge in [-0.25, -0.2) is 0 Å². The second-order valence-electron chi connectivity index (χ2n) is 6.32. The molecule has 1 saturated heterocycles. The molecule has 0 unspecified atom stereocenters. The molecule has 0 radical (unpaired) electrons. The van der Waals surface area contributed by atoms with Crippen molar-refractivity contribution in [2.24, 2.45) is 0 Å². The predicted molar refractivity (Wildman–Crippen MR) is 80.3 cm³/mol. The summed E-state index contributed by atoms with van der Waals surface area (Å²) in [5.74, 6) is 0.797. The third-order valence-corrected chi connectivity index (χ3v) is 4.90. The lowest BCUT2D eigenvalue weighted by molar-refractivity contribution is -0.0580. The van der Waals surface area contributed by atoms with Gasteiger partial charge in [-0.15, -0.1) is 0 Å². The summed E-state index contributed by atoms with van der Waals surface area (Å²) in [5, 5.41) is 11.1. The molecule has 1 atom stereocenters. The standard InChI is InChI=1S/C16H22ClNO2/c1-11(2)18-7-5-16(6-8-18)10-14(19)13-9-12(17)3-4-15(13)20-16/h3-4,9,11,14,19H,5-8,10H2,1-2H3/t14-/m1/s1. The van der Waals surface area contributed by atoms with Gasteiger partial charge in [0, 0.05) is 36.1 Å².